The number of nitrogens with one attached hydrogen (secondary N) is 1. The van der Waals surface area contributed by atoms with E-state index in [9.17, 15) is 0 Å². The Morgan fingerprint density at radius 3 is 2.53 bits per heavy atom. The van der Waals surface area contributed by atoms with E-state index < -0.39 is 0 Å². The van der Waals surface area contributed by atoms with E-state index in [1.807, 2.05) is 7.05 Å². The minimum Gasteiger partial charge on any atom is -0.377 e. The standard InChI is InChI=1S/C16H26N2O/c1-12(18(4)15-10-11-19-13(15)2)16(17-3)14-8-6-5-7-9-14/h5-9,12-13,15-17H,10-11H2,1-4H3. The molecule has 1 N–H and O–H groups in total. The summed E-state index contributed by atoms with van der Waals surface area (Å²) in [5.74, 6) is 0. The minimum absolute atomic E-state index is 0.334. The molecule has 0 aromatic heterocycles. The second-order valence-corrected chi connectivity index (χ2v) is 5.52. The molecule has 0 radical (unpaired) electrons. The predicted molar refractivity (Wildman–Crippen MR) is 79.3 cm³/mol. The van der Waals surface area contributed by atoms with Crippen LogP contribution in [0.4, 0.5) is 0 Å². The number of hydrogen-bond donors (Lipinski definition) is 1. The Hall–Kier alpha value is -0.900. The van der Waals surface area contributed by atoms with Gasteiger partial charge in [0, 0.05) is 24.7 Å². The van der Waals surface area contributed by atoms with Crippen molar-refractivity contribution in [2.24, 2.45) is 0 Å². The maximum absolute atomic E-state index is 5.69. The van der Waals surface area contributed by atoms with Gasteiger partial charge in [-0.2, -0.15) is 0 Å². The van der Waals surface area contributed by atoms with Gasteiger partial charge in [-0.05, 0) is 39.9 Å². The lowest BCUT2D eigenvalue weighted by Crippen LogP contribution is -2.47. The molecular formula is C16H26N2O. The Balaban J connectivity index is 2.10. The van der Waals surface area contributed by atoms with Crippen LogP contribution in [0.1, 0.15) is 31.9 Å². The third kappa shape index (κ3) is 3.16. The normalized spacial score (nSPS) is 26.6. The van der Waals surface area contributed by atoms with Crippen molar-refractivity contribution in [3.63, 3.8) is 0 Å². The summed E-state index contributed by atoms with van der Waals surface area (Å²) >= 11 is 0. The molecular weight excluding hydrogens is 236 g/mol. The SMILES string of the molecule is CNC(c1ccccc1)C(C)N(C)C1CCOC1C. The largest absolute Gasteiger partial charge is 0.377 e. The van der Waals surface area contributed by atoms with Crippen LogP contribution in [0.2, 0.25) is 0 Å². The zero-order valence-electron chi connectivity index (χ0n) is 12.5. The summed E-state index contributed by atoms with van der Waals surface area (Å²) in [6, 6.07) is 12.0. The highest BCUT2D eigenvalue weighted by atomic mass is 16.5. The average Bonchev–Trinajstić information content (AvgIpc) is 2.86. The zero-order chi connectivity index (χ0) is 13.8. The molecule has 3 nitrogen and oxygen atoms in total. The summed E-state index contributed by atoms with van der Waals surface area (Å²) in [5.41, 5.74) is 1.34. The van der Waals surface area contributed by atoms with E-state index in [2.05, 4.69) is 61.4 Å². The fraction of sp³-hybridized carbons (Fsp3) is 0.625. The topological polar surface area (TPSA) is 24.5 Å². The van der Waals surface area contributed by atoms with E-state index >= 15 is 0 Å². The van der Waals surface area contributed by atoms with Gasteiger partial charge in [0.1, 0.15) is 0 Å². The number of likely N-dealkylation sites (N-methyl/N-ethyl adjacent to an activating group) is 2. The first kappa shape index (κ1) is 14.5. The number of nitrogens with zero attached hydrogens (tertiary/aromatic N) is 1. The molecule has 0 aliphatic carbocycles. The lowest BCUT2D eigenvalue weighted by Gasteiger charge is -2.37. The molecule has 1 aliphatic heterocycles. The average molecular weight is 262 g/mol. The molecule has 0 bridgehead atoms. The van der Waals surface area contributed by atoms with Crippen molar-refractivity contribution in [1.82, 2.24) is 10.2 Å². The first-order chi connectivity index (χ1) is 9.15. The van der Waals surface area contributed by atoms with Crippen LogP contribution < -0.4 is 5.32 Å². The Kier molecular flexibility index (Phi) is 4.97. The molecule has 2 rings (SSSR count). The van der Waals surface area contributed by atoms with Crippen LogP contribution in [0.25, 0.3) is 0 Å². The van der Waals surface area contributed by atoms with E-state index in [1.165, 1.54) is 5.56 Å². The predicted octanol–water partition coefficient (Wildman–Crippen LogP) is 2.44. The van der Waals surface area contributed by atoms with Crippen LogP contribution in [0.5, 0.6) is 0 Å². The van der Waals surface area contributed by atoms with Gasteiger partial charge < -0.3 is 10.1 Å². The molecule has 19 heavy (non-hydrogen) atoms. The molecule has 1 aliphatic rings. The lowest BCUT2D eigenvalue weighted by atomic mass is 9.97. The maximum atomic E-state index is 5.69. The highest BCUT2D eigenvalue weighted by Crippen LogP contribution is 2.26. The number of rotatable bonds is 5. The van der Waals surface area contributed by atoms with E-state index in [1.54, 1.807) is 0 Å². The molecule has 4 atom stereocenters. The van der Waals surface area contributed by atoms with Crippen molar-refractivity contribution in [3.8, 4) is 0 Å². The monoisotopic (exact) mass is 262 g/mol. The number of ether oxygens (including phenoxy) is 1. The third-order valence-corrected chi connectivity index (χ3v) is 4.45. The molecule has 0 amide bonds. The molecule has 1 fully saturated rings. The fourth-order valence-electron chi connectivity index (χ4n) is 3.14. The van der Waals surface area contributed by atoms with Crippen molar-refractivity contribution in [1.29, 1.82) is 0 Å². The summed E-state index contributed by atoms with van der Waals surface area (Å²) in [6.07, 6.45) is 1.47. The molecule has 0 saturated carbocycles. The Labute approximate surface area is 116 Å². The van der Waals surface area contributed by atoms with Gasteiger partial charge in [-0.1, -0.05) is 30.3 Å². The quantitative estimate of drug-likeness (QED) is 0.882. The molecule has 1 saturated heterocycles. The second-order valence-electron chi connectivity index (χ2n) is 5.52. The van der Waals surface area contributed by atoms with Gasteiger partial charge in [-0.25, -0.2) is 0 Å². The minimum atomic E-state index is 0.334. The van der Waals surface area contributed by atoms with Gasteiger partial charge in [-0.15, -0.1) is 0 Å². The number of hydrogen-bond acceptors (Lipinski definition) is 3. The van der Waals surface area contributed by atoms with Crippen molar-refractivity contribution in [3.05, 3.63) is 35.9 Å². The second kappa shape index (κ2) is 6.51. The van der Waals surface area contributed by atoms with Crippen LogP contribution in [0.15, 0.2) is 30.3 Å². The number of benzene rings is 1. The van der Waals surface area contributed by atoms with E-state index in [-0.39, 0.29) is 0 Å². The lowest BCUT2D eigenvalue weighted by molar-refractivity contribution is 0.0629. The highest BCUT2D eigenvalue weighted by molar-refractivity contribution is 5.20. The molecule has 1 aromatic carbocycles. The summed E-state index contributed by atoms with van der Waals surface area (Å²) in [4.78, 5) is 2.46. The Morgan fingerprint density at radius 2 is 2.00 bits per heavy atom. The van der Waals surface area contributed by atoms with Crippen molar-refractivity contribution >= 4 is 0 Å². The summed E-state index contributed by atoms with van der Waals surface area (Å²) < 4.78 is 5.69. The highest BCUT2D eigenvalue weighted by Gasteiger charge is 2.33. The van der Waals surface area contributed by atoms with Gasteiger partial charge in [0.2, 0.25) is 0 Å². The molecule has 1 aromatic rings. The fourth-order valence-corrected chi connectivity index (χ4v) is 3.14. The van der Waals surface area contributed by atoms with Gasteiger partial charge in [0.25, 0.3) is 0 Å². The summed E-state index contributed by atoms with van der Waals surface area (Å²) in [6.45, 7) is 5.36. The summed E-state index contributed by atoms with van der Waals surface area (Å²) in [7, 11) is 4.25. The van der Waals surface area contributed by atoms with Crippen LogP contribution in [-0.2, 0) is 4.74 Å². The van der Waals surface area contributed by atoms with Crippen LogP contribution in [0, 0.1) is 0 Å². The Bertz CT molecular complexity index is 382. The van der Waals surface area contributed by atoms with Gasteiger partial charge in [0.05, 0.1) is 6.10 Å². The van der Waals surface area contributed by atoms with Crippen LogP contribution in [0.3, 0.4) is 0 Å². The molecule has 1 heterocycles. The first-order valence-electron chi connectivity index (χ1n) is 7.21. The van der Waals surface area contributed by atoms with Gasteiger partial charge in [0.15, 0.2) is 0 Å². The van der Waals surface area contributed by atoms with Gasteiger partial charge >= 0.3 is 0 Å². The van der Waals surface area contributed by atoms with E-state index in [0.29, 0.717) is 24.2 Å². The van der Waals surface area contributed by atoms with Crippen molar-refractivity contribution in [2.75, 3.05) is 20.7 Å². The molecule has 106 valence electrons. The van der Waals surface area contributed by atoms with E-state index in [4.69, 9.17) is 4.74 Å². The van der Waals surface area contributed by atoms with Crippen LogP contribution in [-0.4, -0.2) is 43.8 Å². The molecule has 0 spiro atoms. The van der Waals surface area contributed by atoms with Crippen LogP contribution >= 0.6 is 0 Å². The molecule has 4 unspecified atom stereocenters. The van der Waals surface area contributed by atoms with Crippen molar-refractivity contribution < 1.29 is 4.74 Å². The smallest absolute Gasteiger partial charge is 0.0703 e. The maximum Gasteiger partial charge on any atom is 0.0703 e. The Morgan fingerprint density at radius 1 is 1.32 bits per heavy atom. The van der Waals surface area contributed by atoms with Crippen molar-refractivity contribution in [2.45, 2.75) is 44.5 Å². The summed E-state index contributed by atoms with van der Waals surface area (Å²) in [5, 5.41) is 3.45. The zero-order valence-corrected chi connectivity index (χ0v) is 12.5. The molecule has 3 heteroatoms. The van der Waals surface area contributed by atoms with E-state index in [0.717, 1.165) is 13.0 Å². The third-order valence-electron chi connectivity index (χ3n) is 4.45. The first-order valence-corrected chi connectivity index (χ1v) is 7.21. The van der Waals surface area contributed by atoms with Gasteiger partial charge in [-0.3, -0.25) is 4.90 Å².